The molecule has 3 heterocycles. The second-order valence-corrected chi connectivity index (χ2v) is 8.63. The number of nitrogens with zero attached hydrogens (tertiary/aromatic N) is 3. The van der Waals surface area contributed by atoms with Gasteiger partial charge in [-0.25, -0.2) is 4.79 Å². The minimum atomic E-state index is -0.654. The molecule has 7 heteroatoms. The number of rotatable bonds is 5. The number of ether oxygens (including phenoxy) is 1. The Morgan fingerprint density at radius 2 is 1.79 bits per heavy atom. The van der Waals surface area contributed by atoms with E-state index in [4.69, 9.17) is 4.74 Å². The highest BCUT2D eigenvalue weighted by Gasteiger charge is 2.31. The Hall–Kier alpha value is -2.31. The summed E-state index contributed by atoms with van der Waals surface area (Å²) in [7, 11) is 0. The molecule has 0 radical (unpaired) electrons. The van der Waals surface area contributed by atoms with Crippen molar-refractivity contribution in [2.24, 2.45) is 0 Å². The molecule has 0 aliphatic carbocycles. The van der Waals surface area contributed by atoms with Crippen LogP contribution in [0.2, 0.25) is 0 Å². The molecule has 2 fully saturated rings. The van der Waals surface area contributed by atoms with Crippen LogP contribution in [-0.4, -0.2) is 59.7 Å². The largest absolute Gasteiger partial charge is 0.444 e. The molecule has 1 N–H and O–H groups in total. The minimum absolute atomic E-state index is 0.0421. The summed E-state index contributed by atoms with van der Waals surface area (Å²) in [4.78, 5) is 33.9. The fraction of sp³-hybridized carbons (Fsp3) is 0.667. The van der Waals surface area contributed by atoms with Crippen LogP contribution in [0.1, 0.15) is 52.0 Å². The van der Waals surface area contributed by atoms with Crippen molar-refractivity contribution in [3.8, 4) is 0 Å². The lowest BCUT2D eigenvalue weighted by Crippen LogP contribution is -2.50. The van der Waals surface area contributed by atoms with E-state index < -0.39 is 17.7 Å². The zero-order chi connectivity index (χ0) is 20.1. The zero-order valence-corrected chi connectivity index (χ0v) is 17.2. The van der Waals surface area contributed by atoms with E-state index >= 15 is 0 Å². The van der Waals surface area contributed by atoms with Crippen molar-refractivity contribution in [1.29, 1.82) is 0 Å². The Kier molecular flexibility index (Phi) is 6.42. The van der Waals surface area contributed by atoms with Crippen molar-refractivity contribution in [3.05, 3.63) is 24.0 Å². The third-order valence-corrected chi connectivity index (χ3v) is 5.16. The van der Waals surface area contributed by atoms with Crippen LogP contribution < -0.4 is 10.2 Å². The molecule has 2 aliphatic rings. The van der Waals surface area contributed by atoms with Crippen LogP contribution in [0.25, 0.3) is 0 Å². The molecule has 0 aromatic carbocycles. The highest BCUT2D eigenvalue weighted by Crippen LogP contribution is 2.25. The van der Waals surface area contributed by atoms with Gasteiger partial charge in [-0.05, 0) is 58.1 Å². The number of anilines is 1. The molecule has 154 valence electrons. The van der Waals surface area contributed by atoms with Crippen molar-refractivity contribution < 1.29 is 14.3 Å². The topological polar surface area (TPSA) is 74.8 Å². The number of hydrogen-bond acceptors (Lipinski definition) is 5. The van der Waals surface area contributed by atoms with Crippen LogP contribution in [0.4, 0.5) is 10.5 Å². The van der Waals surface area contributed by atoms with Crippen molar-refractivity contribution >= 4 is 17.7 Å². The quantitative estimate of drug-likeness (QED) is 0.839. The van der Waals surface area contributed by atoms with Crippen molar-refractivity contribution in [2.45, 2.75) is 64.5 Å². The van der Waals surface area contributed by atoms with E-state index in [1.807, 2.05) is 37.9 Å². The molecule has 0 saturated carbocycles. The summed E-state index contributed by atoms with van der Waals surface area (Å²) < 4.78 is 5.40. The number of alkyl carbamates (subject to hydrolysis) is 1. The molecule has 1 atom stereocenters. The van der Waals surface area contributed by atoms with Gasteiger partial charge in [-0.15, -0.1) is 0 Å². The predicted molar refractivity (Wildman–Crippen MR) is 108 cm³/mol. The fourth-order valence-electron chi connectivity index (χ4n) is 3.87. The minimum Gasteiger partial charge on any atom is -0.444 e. The second kappa shape index (κ2) is 8.80. The molecule has 7 nitrogen and oxygen atoms in total. The van der Waals surface area contributed by atoms with Gasteiger partial charge in [0, 0.05) is 50.7 Å². The average molecular weight is 389 g/mol. The summed E-state index contributed by atoms with van der Waals surface area (Å²) in [5.74, 6) is -0.0421. The van der Waals surface area contributed by atoms with Gasteiger partial charge in [0.1, 0.15) is 11.6 Å². The maximum atomic E-state index is 13.1. The smallest absolute Gasteiger partial charge is 0.408 e. The van der Waals surface area contributed by atoms with Gasteiger partial charge in [-0.2, -0.15) is 0 Å². The fourth-order valence-corrected chi connectivity index (χ4v) is 3.87. The number of likely N-dealkylation sites (tertiary alicyclic amines) is 1. The Bertz CT molecular complexity index is 689. The van der Waals surface area contributed by atoms with E-state index in [1.165, 1.54) is 12.8 Å². The Morgan fingerprint density at radius 3 is 2.43 bits per heavy atom. The molecule has 1 aromatic rings. The van der Waals surface area contributed by atoms with Crippen LogP contribution in [0.5, 0.6) is 0 Å². The van der Waals surface area contributed by atoms with Gasteiger partial charge < -0.3 is 19.9 Å². The molecule has 1 aromatic heterocycles. The monoisotopic (exact) mass is 388 g/mol. The number of amides is 2. The Labute approximate surface area is 167 Å². The van der Waals surface area contributed by atoms with E-state index in [0.717, 1.165) is 50.3 Å². The van der Waals surface area contributed by atoms with Crippen LogP contribution in [0.3, 0.4) is 0 Å². The maximum absolute atomic E-state index is 13.1. The van der Waals surface area contributed by atoms with E-state index in [9.17, 15) is 9.59 Å². The van der Waals surface area contributed by atoms with Crippen molar-refractivity contribution in [3.63, 3.8) is 0 Å². The highest BCUT2D eigenvalue weighted by atomic mass is 16.6. The average Bonchev–Trinajstić information content (AvgIpc) is 3.33. The van der Waals surface area contributed by atoms with Gasteiger partial charge in [-0.3, -0.25) is 9.78 Å². The molecule has 0 bridgehead atoms. The molecule has 3 rings (SSSR count). The Morgan fingerprint density at radius 1 is 1.14 bits per heavy atom. The first kappa shape index (κ1) is 20.4. The maximum Gasteiger partial charge on any atom is 0.408 e. The summed E-state index contributed by atoms with van der Waals surface area (Å²) in [6.07, 6.45) is 7.82. The van der Waals surface area contributed by atoms with Gasteiger partial charge in [0.2, 0.25) is 5.91 Å². The van der Waals surface area contributed by atoms with E-state index in [1.54, 1.807) is 6.20 Å². The predicted octanol–water partition coefficient (Wildman–Crippen LogP) is 2.74. The molecule has 28 heavy (non-hydrogen) atoms. The SMILES string of the molecule is CC(C)(C)OC(=O)N[C@@H](Cc1cnccc1N1CCCC1)C(=O)N1CCCC1. The molecule has 2 amide bonds. The molecule has 2 aliphatic heterocycles. The molecule has 2 saturated heterocycles. The van der Waals surface area contributed by atoms with Crippen LogP contribution >= 0.6 is 0 Å². The lowest BCUT2D eigenvalue weighted by atomic mass is 10.0. The lowest BCUT2D eigenvalue weighted by molar-refractivity contribution is -0.132. The third kappa shape index (κ3) is 5.36. The van der Waals surface area contributed by atoms with Gasteiger partial charge in [0.15, 0.2) is 0 Å². The van der Waals surface area contributed by atoms with Crippen LogP contribution in [-0.2, 0) is 16.0 Å². The summed E-state index contributed by atoms with van der Waals surface area (Å²) in [6.45, 7) is 8.97. The second-order valence-electron chi connectivity index (χ2n) is 8.63. The van der Waals surface area contributed by atoms with Crippen LogP contribution in [0, 0.1) is 0 Å². The Balaban J connectivity index is 1.78. The molecule has 0 spiro atoms. The number of aromatic nitrogens is 1. The zero-order valence-electron chi connectivity index (χ0n) is 17.2. The first-order valence-corrected chi connectivity index (χ1v) is 10.3. The number of carbonyl (C=O) groups is 2. The van der Waals surface area contributed by atoms with Gasteiger partial charge in [-0.1, -0.05) is 0 Å². The standard InChI is InChI=1S/C21H32N4O3/c1-21(2,3)28-20(27)23-17(19(26)25-12-6-7-13-25)14-16-15-22-9-8-18(16)24-10-4-5-11-24/h8-9,15,17H,4-7,10-14H2,1-3H3,(H,23,27)/t17-/m0/s1. The lowest BCUT2D eigenvalue weighted by Gasteiger charge is -2.28. The normalized spacial score (nSPS) is 18.2. The molecular weight excluding hydrogens is 356 g/mol. The first-order chi connectivity index (χ1) is 13.3. The van der Waals surface area contributed by atoms with Gasteiger partial charge >= 0.3 is 6.09 Å². The number of pyridine rings is 1. The number of hydrogen-bond donors (Lipinski definition) is 1. The van der Waals surface area contributed by atoms with Gasteiger partial charge in [0.25, 0.3) is 0 Å². The van der Waals surface area contributed by atoms with Crippen LogP contribution in [0.15, 0.2) is 18.5 Å². The summed E-state index contributed by atoms with van der Waals surface area (Å²) >= 11 is 0. The third-order valence-electron chi connectivity index (χ3n) is 5.16. The molecular formula is C21H32N4O3. The number of carbonyl (C=O) groups excluding carboxylic acids is 2. The van der Waals surface area contributed by atoms with Crippen molar-refractivity contribution in [1.82, 2.24) is 15.2 Å². The highest BCUT2D eigenvalue weighted by molar-refractivity contribution is 5.86. The van der Waals surface area contributed by atoms with E-state index in [2.05, 4.69) is 15.2 Å². The van der Waals surface area contributed by atoms with E-state index in [0.29, 0.717) is 6.42 Å². The van der Waals surface area contributed by atoms with Gasteiger partial charge in [0.05, 0.1) is 0 Å². The summed E-state index contributed by atoms with van der Waals surface area (Å²) in [5, 5.41) is 2.82. The summed E-state index contributed by atoms with van der Waals surface area (Å²) in [6, 6.07) is 1.35. The van der Waals surface area contributed by atoms with Crippen molar-refractivity contribution in [2.75, 3.05) is 31.1 Å². The first-order valence-electron chi connectivity index (χ1n) is 10.3. The molecule has 0 unspecified atom stereocenters. The van der Waals surface area contributed by atoms with E-state index in [-0.39, 0.29) is 5.91 Å². The number of nitrogens with one attached hydrogen (secondary N) is 1. The summed E-state index contributed by atoms with van der Waals surface area (Å²) in [5.41, 5.74) is 1.48.